The molecule has 1 fully saturated rings. The van der Waals surface area contributed by atoms with Crippen LogP contribution in [0.1, 0.15) is 48.8 Å². The summed E-state index contributed by atoms with van der Waals surface area (Å²) in [6.07, 6.45) is 7.91. The quantitative estimate of drug-likeness (QED) is 0.615. The Morgan fingerprint density at radius 2 is 1.94 bits per heavy atom. The van der Waals surface area contributed by atoms with Crippen LogP contribution in [0.4, 0.5) is 0 Å². The van der Waals surface area contributed by atoms with E-state index in [0.717, 1.165) is 5.92 Å². The summed E-state index contributed by atoms with van der Waals surface area (Å²) in [5.74, 6) is 0.744. The molecule has 1 aliphatic carbocycles. The van der Waals surface area contributed by atoms with Crippen molar-refractivity contribution in [2.45, 2.75) is 39.0 Å². The zero-order valence-electron chi connectivity index (χ0n) is 11.5. The molecule has 1 aromatic rings. The van der Waals surface area contributed by atoms with Crippen molar-refractivity contribution in [1.82, 2.24) is 0 Å². The maximum Gasteiger partial charge on any atom is -0.0144 e. The number of hydrogen-bond donors (Lipinski definition) is 0. The van der Waals surface area contributed by atoms with Gasteiger partial charge >= 0.3 is 0 Å². The molecule has 0 amide bonds. The van der Waals surface area contributed by atoms with Gasteiger partial charge < -0.3 is 0 Å². The molecular formula is C18H22. The Bertz CT molecular complexity index is 499. The van der Waals surface area contributed by atoms with Crippen molar-refractivity contribution in [3.8, 4) is 0 Å². The Morgan fingerprint density at radius 3 is 2.44 bits per heavy atom. The summed E-state index contributed by atoms with van der Waals surface area (Å²) < 4.78 is 0. The summed E-state index contributed by atoms with van der Waals surface area (Å²) >= 11 is 0. The standard InChI is InChI=1S/C18H22/c1-5-14(4)16(6-2)18-12-13(3)10-11-17(18)15-8-7-9-15/h5-6,10-12,15H,1-2,7-9H2,3-4H3/b16-14+. The van der Waals surface area contributed by atoms with Gasteiger partial charge in [0.2, 0.25) is 0 Å². The molecule has 0 aromatic heterocycles. The minimum Gasteiger partial charge on any atom is -0.0988 e. The van der Waals surface area contributed by atoms with Gasteiger partial charge in [0.1, 0.15) is 0 Å². The molecule has 0 unspecified atom stereocenters. The summed E-state index contributed by atoms with van der Waals surface area (Å²) in [6, 6.07) is 6.81. The summed E-state index contributed by atoms with van der Waals surface area (Å²) in [5, 5.41) is 0. The van der Waals surface area contributed by atoms with Gasteiger partial charge in [-0.15, -0.1) is 0 Å². The van der Waals surface area contributed by atoms with Crippen molar-refractivity contribution in [3.63, 3.8) is 0 Å². The van der Waals surface area contributed by atoms with Crippen LogP contribution in [0.15, 0.2) is 49.1 Å². The second kappa shape index (κ2) is 5.39. The van der Waals surface area contributed by atoms with Crippen molar-refractivity contribution in [2.24, 2.45) is 0 Å². The van der Waals surface area contributed by atoms with E-state index in [1.165, 1.54) is 47.1 Å². The first-order chi connectivity index (χ1) is 8.67. The van der Waals surface area contributed by atoms with E-state index in [1.54, 1.807) is 0 Å². The zero-order chi connectivity index (χ0) is 13.1. The number of benzene rings is 1. The molecule has 1 aliphatic rings. The minimum atomic E-state index is 0.744. The monoisotopic (exact) mass is 238 g/mol. The molecule has 94 valence electrons. The molecular weight excluding hydrogens is 216 g/mol. The van der Waals surface area contributed by atoms with Crippen LogP contribution < -0.4 is 0 Å². The lowest BCUT2D eigenvalue weighted by Gasteiger charge is -2.29. The lowest BCUT2D eigenvalue weighted by molar-refractivity contribution is 0.419. The molecule has 0 heterocycles. The molecule has 0 spiro atoms. The van der Waals surface area contributed by atoms with Gasteiger partial charge in [0, 0.05) is 0 Å². The van der Waals surface area contributed by atoms with Crippen molar-refractivity contribution in [1.29, 1.82) is 0 Å². The normalized spacial score (nSPS) is 16.8. The minimum absolute atomic E-state index is 0.744. The zero-order valence-corrected chi connectivity index (χ0v) is 11.5. The predicted octanol–water partition coefficient (Wildman–Crippen LogP) is 5.41. The smallest absolute Gasteiger partial charge is 0.0144 e. The SMILES string of the molecule is C=C/C(C)=C(\C=C)c1cc(C)ccc1C1CCC1. The van der Waals surface area contributed by atoms with Gasteiger partial charge in [-0.05, 0) is 54.9 Å². The molecule has 1 aromatic carbocycles. The van der Waals surface area contributed by atoms with E-state index in [0.29, 0.717) is 0 Å². The Kier molecular flexibility index (Phi) is 3.86. The van der Waals surface area contributed by atoms with Gasteiger partial charge in [0.15, 0.2) is 0 Å². The van der Waals surface area contributed by atoms with E-state index in [4.69, 9.17) is 0 Å². The molecule has 18 heavy (non-hydrogen) atoms. The third-order valence-corrected chi connectivity index (χ3v) is 3.98. The predicted molar refractivity (Wildman–Crippen MR) is 80.8 cm³/mol. The van der Waals surface area contributed by atoms with Crippen LogP contribution in [0.2, 0.25) is 0 Å². The topological polar surface area (TPSA) is 0 Å². The Labute approximate surface area is 111 Å². The number of rotatable bonds is 4. The van der Waals surface area contributed by atoms with Gasteiger partial charge in [-0.2, -0.15) is 0 Å². The van der Waals surface area contributed by atoms with Crippen LogP contribution in [0.5, 0.6) is 0 Å². The number of allylic oxidation sites excluding steroid dienone is 4. The Hall–Kier alpha value is -1.56. The lowest BCUT2D eigenvalue weighted by Crippen LogP contribution is -2.11. The Morgan fingerprint density at radius 1 is 1.22 bits per heavy atom. The summed E-state index contributed by atoms with van der Waals surface area (Å²) in [6.45, 7) is 12.1. The van der Waals surface area contributed by atoms with E-state index in [1.807, 2.05) is 12.2 Å². The maximum atomic E-state index is 3.97. The Balaban J connectivity index is 2.56. The molecule has 0 saturated heterocycles. The van der Waals surface area contributed by atoms with Gasteiger partial charge in [0.25, 0.3) is 0 Å². The van der Waals surface area contributed by atoms with E-state index in [9.17, 15) is 0 Å². The van der Waals surface area contributed by atoms with Crippen LogP contribution in [-0.4, -0.2) is 0 Å². The van der Waals surface area contributed by atoms with Gasteiger partial charge in [-0.25, -0.2) is 0 Å². The van der Waals surface area contributed by atoms with Crippen molar-refractivity contribution in [2.75, 3.05) is 0 Å². The molecule has 1 saturated carbocycles. The molecule has 0 N–H and O–H groups in total. The highest BCUT2D eigenvalue weighted by atomic mass is 14.3. The number of hydrogen-bond acceptors (Lipinski definition) is 0. The highest BCUT2D eigenvalue weighted by molar-refractivity contribution is 5.80. The van der Waals surface area contributed by atoms with E-state index in [-0.39, 0.29) is 0 Å². The van der Waals surface area contributed by atoms with Crippen molar-refractivity contribution >= 4 is 5.57 Å². The first-order valence-electron chi connectivity index (χ1n) is 6.74. The van der Waals surface area contributed by atoms with E-state index >= 15 is 0 Å². The second-order valence-electron chi connectivity index (χ2n) is 5.22. The van der Waals surface area contributed by atoms with Crippen LogP contribution in [-0.2, 0) is 0 Å². The van der Waals surface area contributed by atoms with Crippen molar-refractivity contribution < 1.29 is 0 Å². The summed E-state index contributed by atoms with van der Waals surface area (Å²) in [7, 11) is 0. The van der Waals surface area contributed by atoms with Gasteiger partial charge in [-0.1, -0.05) is 55.5 Å². The van der Waals surface area contributed by atoms with Crippen LogP contribution in [0.3, 0.4) is 0 Å². The van der Waals surface area contributed by atoms with Crippen LogP contribution in [0, 0.1) is 6.92 Å². The maximum absolute atomic E-state index is 3.97. The lowest BCUT2D eigenvalue weighted by atomic mass is 9.76. The second-order valence-corrected chi connectivity index (χ2v) is 5.22. The fourth-order valence-electron chi connectivity index (χ4n) is 2.57. The highest BCUT2D eigenvalue weighted by Gasteiger charge is 2.22. The third-order valence-electron chi connectivity index (χ3n) is 3.98. The number of aryl methyl sites for hydroxylation is 1. The van der Waals surface area contributed by atoms with E-state index < -0.39 is 0 Å². The van der Waals surface area contributed by atoms with Crippen LogP contribution >= 0.6 is 0 Å². The largest absolute Gasteiger partial charge is 0.0988 e. The van der Waals surface area contributed by atoms with E-state index in [2.05, 4.69) is 45.2 Å². The molecule has 0 nitrogen and oxygen atoms in total. The molecule has 2 rings (SSSR count). The highest BCUT2D eigenvalue weighted by Crippen LogP contribution is 2.40. The molecule has 0 atom stereocenters. The third kappa shape index (κ3) is 2.33. The molecule has 0 radical (unpaired) electrons. The molecule has 0 heteroatoms. The summed E-state index contributed by atoms with van der Waals surface area (Å²) in [4.78, 5) is 0. The molecule has 0 aliphatic heterocycles. The first kappa shape index (κ1) is 12.9. The summed E-state index contributed by atoms with van der Waals surface area (Å²) in [5.41, 5.74) is 6.59. The van der Waals surface area contributed by atoms with Gasteiger partial charge in [-0.3, -0.25) is 0 Å². The van der Waals surface area contributed by atoms with Crippen LogP contribution in [0.25, 0.3) is 5.57 Å². The first-order valence-corrected chi connectivity index (χ1v) is 6.74. The fraction of sp³-hybridized carbons (Fsp3) is 0.333. The fourth-order valence-corrected chi connectivity index (χ4v) is 2.57. The average molecular weight is 238 g/mol. The average Bonchev–Trinajstić information content (AvgIpc) is 2.30. The molecule has 0 bridgehead atoms. The van der Waals surface area contributed by atoms with Crippen molar-refractivity contribution in [3.05, 3.63) is 65.8 Å². The van der Waals surface area contributed by atoms with Gasteiger partial charge in [0.05, 0.1) is 0 Å².